The van der Waals surface area contributed by atoms with Crippen LogP contribution in [0.2, 0.25) is 10.2 Å². The highest BCUT2D eigenvalue weighted by molar-refractivity contribution is 6.31. The molecule has 3 heterocycles. The second-order valence-corrected chi connectivity index (χ2v) is 15.2. The summed E-state index contributed by atoms with van der Waals surface area (Å²) in [5, 5.41) is 3.29. The van der Waals surface area contributed by atoms with Crippen LogP contribution in [0.4, 0.5) is 10.1 Å². The largest absolute Gasteiger partial charge is 0.368 e. The normalized spacial score (nSPS) is 32.5. The van der Waals surface area contributed by atoms with Crippen LogP contribution in [0.15, 0.2) is 30.5 Å². The Balaban J connectivity index is 1.51. The van der Waals surface area contributed by atoms with Crippen LogP contribution in [0, 0.1) is 28.0 Å². The molecule has 3 fully saturated rings. The number of carbonyl (C=O) groups excluding carboxylic acids is 3. The Hall–Kier alpha value is -2.55. The van der Waals surface area contributed by atoms with E-state index in [0.29, 0.717) is 30.0 Å². The van der Waals surface area contributed by atoms with Gasteiger partial charge in [-0.15, -0.1) is 0 Å². The van der Waals surface area contributed by atoms with E-state index in [1.165, 1.54) is 6.20 Å². The molecule has 43 heavy (non-hydrogen) atoms. The number of carbonyl (C=O) groups is 3. The number of nitrogens with zero attached hydrogens (tertiary/aromatic N) is 1. The van der Waals surface area contributed by atoms with Gasteiger partial charge in [0.15, 0.2) is 11.0 Å². The monoisotopic (exact) mass is 629 g/mol. The van der Waals surface area contributed by atoms with Gasteiger partial charge >= 0.3 is 0 Å². The summed E-state index contributed by atoms with van der Waals surface area (Å²) in [5.74, 6) is -2.95. The standard InChI is InChI=1S/C33H38Cl2FN3O4/c1-30(2)9-11-32(12-10-30)15-20(23(40)16-31(3)8-6-24(28(37)41)43-17-31)25(19-7-13-38-27(35)26(19)36)33(32)21-5-4-18(34)14-22(21)39-29(33)42/h4-5,7,13-14,20,24-25H,6,8-12,15-17H2,1-3H3,(H2,37,41)(H,39,42)/t20-,24-,25-,31?,33+/m0/s1. The molecule has 3 N–H and O–H groups in total. The zero-order chi connectivity index (χ0) is 30.9. The average molecular weight is 631 g/mol. The Labute approximate surface area is 261 Å². The van der Waals surface area contributed by atoms with Crippen LogP contribution in [-0.2, 0) is 24.5 Å². The third kappa shape index (κ3) is 4.79. The van der Waals surface area contributed by atoms with Crippen molar-refractivity contribution in [2.75, 3.05) is 11.9 Å². The summed E-state index contributed by atoms with van der Waals surface area (Å²) >= 11 is 12.6. The number of anilines is 1. The lowest BCUT2D eigenvalue weighted by Gasteiger charge is -2.51. The molecule has 0 bridgehead atoms. The molecule has 2 amide bonds. The number of amides is 2. The number of benzene rings is 1. The van der Waals surface area contributed by atoms with Crippen molar-refractivity contribution in [3.8, 4) is 0 Å². The first-order valence-electron chi connectivity index (χ1n) is 15.1. The molecular formula is C33H38Cl2FN3O4. The van der Waals surface area contributed by atoms with E-state index in [0.717, 1.165) is 31.2 Å². The second kappa shape index (κ2) is 10.5. The van der Waals surface area contributed by atoms with Crippen LogP contribution >= 0.6 is 23.2 Å². The highest BCUT2D eigenvalue weighted by Crippen LogP contribution is 2.72. The predicted molar refractivity (Wildman–Crippen MR) is 162 cm³/mol. The molecule has 2 aliphatic heterocycles. The topological polar surface area (TPSA) is 111 Å². The van der Waals surface area contributed by atoms with Gasteiger partial charge in [0.2, 0.25) is 11.8 Å². The van der Waals surface area contributed by atoms with Gasteiger partial charge in [0.25, 0.3) is 0 Å². The van der Waals surface area contributed by atoms with Crippen molar-refractivity contribution in [1.29, 1.82) is 0 Å². The summed E-state index contributed by atoms with van der Waals surface area (Å²) < 4.78 is 21.9. The van der Waals surface area contributed by atoms with Gasteiger partial charge < -0.3 is 15.8 Å². The average Bonchev–Trinajstić information content (AvgIpc) is 3.40. The summed E-state index contributed by atoms with van der Waals surface area (Å²) in [5.41, 5.74) is 4.80. The maximum atomic E-state index is 16.1. The highest BCUT2D eigenvalue weighted by atomic mass is 35.5. The minimum Gasteiger partial charge on any atom is -0.368 e. The summed E-state index contributed by atoms with van der Waals surface area (Å²) in [7, 11) is 0. The lowest BCUT2D eigenvalue weighted by atomic mass is 9.51. The fourth-order valence-electron chi connectivity index (χ4n) is 8.75. The van der Waals surface area contributed by atoms with Gasteiger partial charge in [0.1, 0.15) is 11.9 Å². The van der Waals surface area contributed by atoms with Crippen molar-refractivity contribution < 1.29 is 23.5 Å². The van der Waals surface area contributed by atoms with Gasteiger partial charge in [-0.25, -0.2) is 9.37 Å². The smallest absolute Gasteiger partial charge is 0.246 e. The molecule has 5 atom stereocenters. The minimum absolute atomic E-state index is 0.0442. The zero-order valence-corrected chi connectivity index (χ0v) is 26.3. The number of hydrogen-bond donors (Lipinski definition) is 2. The number of fused-ring (bicyclic) bond motifs is 3. The van der Waals surface area contributed by atoms with E-state index in [4.69, 9.17) is 33.7 Å². The first kappa shape index (κ1) is 30.5. The van der Waals surface area contributed by atoms with Crippen LogP contribution in [0.25, 0.3) is 0 Å². The quantitative estimate of drug-likeness (QED) is 0.356. The summed E-state index contributed by atoms with van der Waals surface area (Å²) in [6.07, 6.45) is 5.60. The number of nitrogens with two attached hydrogens (primary N) is 1. The first-order valence-corrected chi connectivity index (χ1v) is 15.8. The molecule has 1 aromatic carbocycles. The van der Waals surface area contributed by atoms with Gasteiger partial charge in [0, 0.05) is 35.2 Å². The first-order chi connectivity index (χ1) is 20.2. The molecular weight excluding hydrogens is 592 g/mol. The lowest BCUT2D eigenvalue weighted by Crippen LogP contribution is -2.52. The number of rotatable bonds is 5. The van der Waals surface area contributed by atoms with Crippen LogP contribution in [0.3, 0.4) is 0 Å². The van der Waals surface area contributed by atoms with Gasteiger partial charge in [0.05, 0.1) is 12.0 Å². The Morgan fingerprint density at radius 3 is 2.49 bits per heavy atom. The number of pyridine rings is 1. The Morgan fingerprint density at radius 2 is 1.84 bits per heavy atom. The number of halogens is 3. The maximum Gasteiger partial charge on any atom is 0.246 e. The van der Waals surface area contributed by atoms with E-state index in [9.17, 15) is 14.4 Å². The van der Waals surface area contributed by atoms with Crippen molar-refractivity contribution >= 4 is 46.5 Å². The number of ether oxygens (including phenoxy) is 1. The van der Waals surface area contributed by atoms with E-state index < -0.39 is 45.9 Å². The fourth-order valence-corrected chi connectivity index (χ4v) is 9.09. The molecule has 2 spiro atoms. The van der Waals surface area contributed by atoms with Crippen molar-refractivity contribution in [1.82, 2.24) is 4.98 Å². The van der Waals surface area contributed by atoms with Gasteiger partial charge in [-0.3, -0.25) is 14.4 Å². The Morgan fingerprint density at radius 1 is 1.12 bits per heavy atom. The summed E-state index contributed by atoms with van der Waals surface area (Å²) in [6, 6.07) is 6.95. The molecule has 10 heteroatoms. The van der Waals surface area contributed by atoms with Crippen LogP contribution in [-0.4, -0.2) is 35.3 Å². The molecule has 6 rings (SSSR count). The molecule has 1 saturated heterocycles. The molecule has 2 aromatic rings. The molecule has 230 valence electrons. The highest BCUT2D eigenvalue weighted by Gasteiger charge is 2.72. The van der Waals surface area contributed by atoms with Crippen molar-refractivity contribution in [3.05, 3.63) is 57.6 Å². The number of primary amides is 1. The predicted octanol–water partition coefficient (Wildman–Crippen LogP) is 6.74. The van der Waals surface area contributed by atoms with E-state index in [1.54, 1.807) is 18.2 Å². The SMILES string of the molecule is CC1(C)CCC2(CC1)C[C@@H](C(=O)CC1(C)CC[C@@H](C(N)=O)OC1)[C@H](c1ccnc(Cl)c1F)[C@]21C(=O)Nc2cc(Cl)ccc21. The number of hydrogen-bond acceptors (Lipinski definition) is 5. The number of aromatic nitrogens is 1. The van der Waals surface area contributed by atoms with E-state index in [1.807, 2.05) is 13.0 Å². The van der Waals surface area contributed by atoms with E-state index in [2.05, 4.69) is 24.1 Å². The molecule has 7 nitrogen and oxygen atoms in total. The third-order valence-electron chi connectivity index (χ3n) is 11.1. The Bertz CT molecular complexity index is 1490. The minimum atomic E-state index is -1.21. The summed E-state index contributed by atoms with van der Waals surface area (Å²) in [4.78, 5) is 44.9. The molecule has 0 radical (unpaired) electrons. The van der Waals surface area contributed by atoms with Crippen LogP contribution in [0.1, 0.15) is 89.2 Å². The van der Waals surface area contributed by atoms with Crippen LogP contribution in [0.5, 0.6) is 0 Å². The molecule has 2 aliphatic carbocycles. The molecule has 2 saturated carbocycles. The number of ketones is 1. The lowest BCUT2D eigenvalue weighted by molar-refractivity contribution is -0.141. The second-order valence-electron chi connectivity index (χ2n) is 14.4. The number of Topliss-reactive ketones (excluding diaryl/α,β-unsaturated/α-hetero) is 1. The van der Waals surface area contributed by atoms with E-state index in [-0.39, 0.29) is 40.8 Å². The number of nitrogens with one attached hydrogen (secondary N) is 1. The van der Waals surface area contributed by atoms with Crippen molar-refractivity contribution in [3.63, 3.8) is 0 Å². The van der Waals surface area contributed by atoms with E-state index >= 15 is 4.39 Å². The summed E-state index contributed by atoms with van der Waals surface area (Å²) in [6.45, 7) is 6.65. The van der Waals surface area contributed by atoms with Gasteiger partial charge in [-0.2, -0.15) is 0 Å². The maximum absolute atomic E-state index is 16.1. The van der Waals surface area contributed by atoms with Gasteiger partial charge in [-0.05, 0) is 90.5 Å². The fraction of sp³-hybridized carbons (Fsp3) is 0.576. The Kier molecular flexibility index (Phi) is 7.46. The molecule has 1 aromatic heterocycles. The third-order valence-corrected chi connectivity index (χ3v) is 11.6. The van der Waals surface area contributed by atoms with Gasteiger partial charge in [-0.1, -0.05) is 50.0 Å². The van der Waals surface area contributed by atoms with Crippen LogP contribution < -0.4 is 11.1 Å². The zero-order valence-electron chi connectivity index (χ0n) is 24.8. The van der Waals surface area contributed by atoms with Crippen molar-refractivity contribution in [2.24, 2.45) is 27.9 Å². The molecule has 1 unspecified atom stereocenters. The van der Waals surface area contributed by atoms with Crippen molar-refractivity contribution in [2.45, 2.75) is 89.6 Å². The molecule has 4 aliphatic rings.